The lowest BCUT2D eigenvalue weighted by Gasteiger charge is -2.15. The predicted molar refractivity (Wildman–Crippen MR) is 102 cm³/mol. The van der Waals surface area contributed by atoms with Gasteiger partial charge < -0.3 is 15.8 Å². The Hall–Kier alpha value is -2.08. The highest BCUT2D eigenvalue weighted by atomic mass is 35.5. The first kappa shape index (κ1) is 21.0. The molecule has 1 atom stereocenters. The number of hydrogen-bond donors (Lipinski definition) is 2. The minimum atomic E-state index is -0.796. The van der Waals surface area contributed by atoms with Crippen LogP contribution in [0.15, 0.2) is 42.5 Å². The summed E-state index contributed by atoms with van der Waals surface area (Å²) in [5, 5.41) is 3.23. The molecular weight excluding hydrogens is 363 g/mol. The number of nitrogens with one attached hydrogen (secondary N) is 1. The van der Waals surface area contributed by atoms with E-state index < -0.39 is 12.0 Å². The Morgan fingerprint density at radius 3 is 2.52 bits per heavy atom. The van der Waals surface area contributed by atoms with Crippen molar-refractivity contribution in [3.8, 4) is 0 Å². The zero-order chi connectivity index (χ0) is 17.7. The lowest BCUT2D eigenvalue weighted by atomic mass is 10.0. The number of anilines is 1. The summed E-state index contributed by atoms with van der Waals surface area (Å²) in [4.78, 5) is 24.1. The van der Waals surface area contributed by atoms with Crippen LogP contribution in [0.3, 0.4) is 0 Å². The van der Waals surface area contributed by atoms with E-state index in [1.54, 1.807) is 30.3 Å². The number of hydrogen-bond acceptors (Lipinski definition) is 4. The zero-order valence-electron chi connectivity index (χ0n) is 13.9. The summed E-state index contributed by atoms with van der Waals surface area (Å²) in [5.41, 5.74) is 8.34. The first-order valence-corrected chi connectivity index (χ1v) is 7.79. The van der Waals surface area contributed by atoms with Gasteiger partial charge in [-0.2, -0.15) is 0 Å². The number of benzene rings is 2. The Kier molecular flexibility index (Phi) is 7.90. The van der Waals surface area contributed by atoms with Crippen LogP contribution in [0.4, 0.5) is 5.69 Å². The molecule has 134 valence electrons. The number of carbonyl (C=O) groups is 2. The smallest absolute Gasteiger partial charge is 0.322 e. The molecule has 0 aliphatic heterocycles. The molecule has 0 aromatic heterocycles. The lowest BCUT2D eigenvalue weighted by molar-refractivity contribution is -0.142. The lowest BCUT2D eigenvalue weighted by Crippen LogP contribution is -2.34. The highest BCUT2D eigenvalue weighted by Gasteiger charge is 2.18. The third-order valence-electron chi connectivity index (χ3n) is 3.66. The number of amides is 1. The molecule has 0 fully saturated rings. The van der Waals surface area contributed by atoms with Crippen LogP contribution in [-0.4, -0.2) is 25.0 Å². The maximum Gasteiger partial charge on any atom is 0.322 e. The highest BCUT2D eigenvalue weighted by molar-refractivity contribution is 6.34. The molecule has 25 heavy (non-hydrogen) atoms. The van der Waals surface area contributed by atoms with E-state index >= 15 is 0 Å². The van der Waals surface area contributed by atoms with E-state index in [1.807, 2.05) is 19.1 Å². The summed E-state index contributed by atoms with van der Waals surface area (Å²) in [7, 11) is 1.29. The number of methoxy groups -OCH3 is 1. The van der Waals surface area contributed by atoms with Crippen LogP contribution in [-0.2, 0) is 16.0 Å². The first-order valence-electron chi connectivity index (χ1n) is 7.41. The van der Waals surface area contributed by atoms with Gasteiger partial charge in [-0.15, -0.1) is 12.4 Å². The third-order valence-corrected chi connectivity index (χ3v) is 3.97. The van der Waals surface area contributed by atoms with Crippen molar-refractivity contribution in [2.75, 3.05) is 12.4 Å². The van der Waals surface area contributed by atoms with Gasteiger partial charge in [0.15, 0.2) is 0 Å². The molecule has 3 N–H and O–H groups in total. The molecule has 0 bridgehead atoms. The Bertz CT molecular complexity index is 745. The van der Waals surface area contributed by atoms with E-state index in [2.05, 4.69) is 10.1 Å². The minimum Gasteiger partial charge on any atom is -0.468 e. The SMILES string of the molecule is COC(=O)C(N)Cc1ccccc1NC(=O)c1c(C)cccc1Cl.Cl. The van der Waals surface area contributed by atoms with Gasteiger partial charge in [0.05, 0.1) is 17.7 Å². The molecule has 0 spiro atoms. The van der Waals surface area contributed by atoms with Gasteiger partial charge >= 0.3 is 5.97 Å². The largest absolute Gasteiger partial charge is 0.468 e. The van der Waals surface area contributed by atoms with Gasteiger partial charge in [0.2, 0.25) is 0 Å². The second kappa shape index (κ2) is 9.42. The Morgan fingerprint density at radius 1 is 1.20 bits per heavy atom. The van der Waals surface area contributed by atoms with Crippen LogP contribution in [0, 0.1) is 6.92 Å². The number of nitrogens with two attached hydrogens (primary N) is 1. The number of aryl methyl sites for hydroxylation is 1. The van der Waals surface area contributed by atoms with Gasteiger partial charge in [0.25, 0.3) is 5.91 Å². The molecule has 2 aromatic rings. The summed E-state index contributed by atoms with van der Waals surface area (Å²) < 4.78 is 4.64. The maximum atomic E-state index is 12.6. The summed E-state index contributed by atoms with van der Waals surface area (Å²) in [5.74, 6) is -0.810. The van der Waals surface area contributed by atoms with Crippen LogP contribution in [0.25, 0.3) is 0 Å². The van der Waals surface area contributed by atoms with Crippen LogP contribution in [0.5, 0.6) is 0 Å². The van der Waals surface area contributed by atoms with Gasteiger partial charge in [-0.3, -0.25) is 9.59 Å². The van der Waals surface area contributed by atoms with Gasteiger partial charge in [-0.1, -0.05) is 41.9 Å². The fraction of sp³-hybridized carbons (Fsp3) is 0.222. The number of carbonyl (C=O) groups excluding carboxylic acids is 2. The van der Waals surface area contributed by atoms with Gasteiger partial charge in [0, 0.05) is 12.1 Å². The van der Waals surface area contributed by atoms with Crippen molar-refractivity contribution in [1.82, 2.24) is 0 Å². The molecule has 2 rings (SSSR count). The van der Waals surface area contributed by atoms with E-state index in [9.17, 15) is 9.59 Å². The zero-order valence-corrected chi connectivity index (χ0v) is 15.5. The number of para-hydroxylation sites is 1. The van der Waals surface area contributed by atoms with E-state index in [4.69, 9.17) is 17.3 Å². The molecule has 1 amide bonds. The predicted octanol–water partition coefficient (Wildman–Crippen LogP) is 3.37. The van der Waals surface area contributed by atoms with Crippen molar-refractivity contribution in [2.45, 2.75) is 19.4 Å². The standard InChI is InChI=1S/C18H19ClN2O3.ClH/c1-11-6-5-8-13(19)16(11)17(22)21-15-9-4-3-7-12(15)10-14(20)18(23)24-2;/h3-9,14H,10,20H2,1-2H3,(H,21,22);1H. The van der Waals surface area contributed by atoms with Crippen LogP contribution >= 0.6 is 24.0 Å². The topological polar surface area (TPSA) is 81.4 Å². The molecule has 2 aromatic carbocycles. The second-order valence-corrected chi connectivity index (χ2v) is 5.78. The molecule has 1 unspecified atom stereocenters. The fourth-order valence-corrected chi connectivity index (χ4v) is 2.70. The van der Waals surface area contributed by atoms with Crippen molar-refractivity contribution in [3.05, 3.63) is 64.2 Å². The second-order valence-electron chi connectivity index (χ2n) is 5.38. The summed E-state index contributed by atoms with van der Waals surface area (Å²) >= 11 is 6.13. The van der Waals surface area contributed by atoms with Crippen LogP contribution in [0.2, 0.25) is 5.02 Å². The molecular formula is C18H20Cl2N2O3. The molecule has 0 radical (unpaired) electrons. The van der Waals surface area contributed by atoms with Crippen LogP contribution in [0.1, 0.15) is 21.5 Å². The molecule has 0 saturated carbocycles. The number of esters is 1. The molecule has 7 heteroatoms. The molecule has 0 aliphatic rings. The normalized spacial score (nSPS) is 11.2. The Labute approximate surface area is 157 Å². The summed E-state index contributed by atoms with van der Waals surface area (Å²) in [6, 6.07) is 11.6. The summed E-state index contributed by atoms with van der Waals surface area (Å²) in [6.07, 6.45) is 0.255. The number of rotatable bonds is 5. The number of halogens is 2. The van der Waals surface area contributed by atoms with Crippen molar-refractivity contribution in [1.29, 1.82) is 0 Å². The van der Waals surface area contributed by atoms with E-state index in [0.717, 1.165) is 11.1 Å². The summed E-state index contributed by atoms with van der Waals surface area (Å²) in [6.45, 7) is 1.82. The molecule has 5 nitrogen and oxygen atoms in total. The van der Waals surface area contributed by atoms with E-state index in [0.29, 0.717) is 16.3 Å². The van der Waals surface area contributed by atoms with Crippen molar-refractivity contribution in [2.24, 2.45) is 5.73 Å². The monoisotopic (exact) mass is 382 g/mol. The number of ether oxygens (including phenoxy) is 1. The van der Waals surface area contributed by atoms with E-state index in [-0.39, 0.29) is 24.7 Å². The van der Waals surface area contributed by atoms with Crippen molar-refractivity contribution >= 4 is 41.6 Å². The average Bonchev–Trinajstić information content (AvgIpc) is 2.55. The average molecular weight is 383 g/mol. The van der Waals surface area contributed by atoms with Gasteiger partial charge in [-0.25, -0.2) is 0 Å². The van der Waals surface area contributed by atoms with Crippen molar-refractivity contribution < 1.29 is 14.3 Å². The van der Waals surface area contributed by atoms with E-state index in [1.165, 1.54) is 7.11 Å². The Morgan fingerprint density at radius 2 is 1.88 bits per heavy atom. The highest BCUT2D eigenvalue weighted by Crippen LogP contribution is 2.23. The van der Waals surface area contributed by atoms with Crippen LogP contribution < -0.4 is 11.1 Å². The molecule has 0 heterocycles. The minimum absolute atomic E-state index is 0. The van der Waals surface area contributed by atoms with Gasteiger partial charge in [0.1, 0.15) is 6.04 Å². The first-order chi connectivity index (χ1) is 11.4. The maximum absolute atomic E-state index is 12.6. The van der Waals surface area contributed by atoms with Crippen molar-refractivity contribution in [3.63, 3.8) is 0 Å². The fourth-order valence-electron chi connectivity index (χ4n) is 2.40. The third kappa shape index (κ3) is 5.19. The molecule has 0 aliphatic carbocycles. The quantitative estimate of drug-likeness (QED) is 0.776. The van der Waals surface area contributed by atoms with Gasteiger partial charge in [-0.05, 0) is 30.2 Å². The Balaban J connectivity index is 0.00000312. The molecule has 0 saturated heterocycles.